The van der Waals surface area contributed by atoms with Crippen molar-refractivity contribution >= 4 is 5.69 Å². The lowest BCUT2D eigenvalue weighted by atomic mass is 9.79. The summed E-state index contributed by atoms with van der Waals surface area (Å²) in [6.45, 7) is 4.44. The van der Waals surface area contributed by atoms with Gasteiger partial charge in [-0.05, 0) is 35.6 Å². The Morgan fingerprint density at radius 1 is 0.750 bits per heavy atom. The number of allylic oxidation sites excluding steroid dienone is 12. The monoisotopic (exact) mass is 484 g/mol. The van der Waals surface area contributed by atoms with Gasteiger partial charge in [-0.1, -0.05) is 152 Å². The maximum atomic E-state index is 6.35. The second-order valence-electron chi connectivity index (χ2n) is 11.1. The number of hydrogen-bond acceptors (Lipinski definition) is 2. The molecule has 0 amide bonds. The van der Waals surface area contributed by atoms with Crippen LogP contribution in [0.1, 0.15) is 103 Å². The smallest absolute Gasteiger partial charge is 0.0732 e. The molecule has 36 heavy (non-hydrogen) atoms. The van der Waals surface area contributed by atoms with Crippen LogP contribution in [0.25, 0.3) is 0 Å². The van der Waals surface area contributed by atoms with Gasteiger partial charge in [0, 0.05) is 11.6 Å². The molecule has 2 nitrogen and oxygen atoms in total. The summed E-state index contributed by atoms with van der Waals surface area (Å²) < 4.78 is 0. The van der Waals surface area contributed by atoms with Crippen LogP contribution in [0.2, 0.25) is 0 Å². The third kappa shape index (κ3) is 9.45. The maximum Gasteiger partial charge on any atom is 0.0732 e. The number of pyridine rings is 1. The molecule has 2 aliphatic carbocycles. The van der Waals surface area contributed by atoms with Crippen LogP contribution < -0.4 is 5.73 Å². The van der Waals surface area contributed by atoms with Gasteiger partial charge >= 0.3 is 0 Å². The Balaban J connectivity index is 1.81. The van der Waals surface area contributed by atoms with Crippen LogP contribution in [0, 0.1) is 5.92 Å². The van der Waals surface area contributed by atoms with E-state index in [2.05, 4.69) is 79.6 Å². The minimum absolute atomic E-state index is 0.299. The van der Waals surface area contributed by atoms with Gasteiger partial charge in [-0.25, -0.2) is 0 Å². The number of aromatic nitrogens is 1. The molecule has 2 N–H and O–H groups in total. The SMILES string of the molecule is CC(C)(C1=C/C=C\C=C/C=C\C=C(CC2CCCCCCCCCCCC2)/C=C\1)c1ncccc1N. The third-order valence-corrected chi connectivity index (χ3v) is 7.77. The van der Waals surface area contributed by atoms with Crippen LogP contribution in [-0.2, 0) is 5.41 Å². The molecule has 0 atom stereocenters. The van der Waals surface area contributed by atoms with Gasteiger partial charge in [0.1, 0.15) is 0 Å². The van der Waals surface area contributed by atoms with Crippen molar-refractivity contribution in [2.45, 2.75) is 103 Å². The second kappa shape index (κ2) is 15.5. The molecule has 0 radical (unpaired) electrons. The summed E-state index contributed by atoms with van der Waals surface area (Å²) in [5.74, 6) is 0.769. The van der Waals surface area contributed by atoms with Crippen molar-refractivity contribution in [1.29, 1.82) is 0 Å². The minimum atomic E-state index is -0.299. The molecule has 1 aromatic rings. The van der Waals surface area contributed by atoms with E-state index in [4.69, 9.17) is 5.73 Å². The third-order valence-electron chi connectivity index (χ3n) is 7.77. The highest BCUT2D eigenvalue weighted by Crippen LogP contribution is 2.35. The molecule has 1 saturated carbocycles. The standard InChI is InChI=1S/C34H48N2/c1-34(2,33-32(35)24-19-27-36-33)31-23-18-14-10-9-13-17-22-30(25-26-31)28-29-20-15-11-7-5-3-4-6-8-12-16-21-29/h9-10,13-14,17-19,22-27,29H,3-8,11-12,15-16,20-21,28,35H2,1-2H3/b10-9-,13-9?,14-10?,17-13-,18-14-,22-17?,23-18?,26-25-,30-22+,30-25?,31-23+,31-26?. The Bertz CT molecular complexity index is 957. The van der Waals surface area contributed by atoms with Crippen molar-refractivity contribution in [3.8, 4) is 0 Å². The first-order chi connectivity index (χ1) is 17.6. The summed E-state index contributed by atoms with van der Waals surface area (Å²) in [5, 5.41) is 0. The predicted molar refractivity (Wildman–Crippen MR) is 158 cm³/mol. The van der Waals surface area contributed by atoms with Gasteiger partial charge in [0.2, 0.25) is 0 Å². The molecule has 0 bridgehead atoms. The highest BCUT2D eigenvalue weighted by Gasteiger charge is 2.27. The van der Waals surface area contributed by atoms with E-state index < -0.39 is 0 Å². The van der Waals surface area contributed by atoms with E-state index in [9.17, 15) is 0 Å². The molecule has 1 fully saturated rings. The molecule has 0 unspecified atom stereocenters. The fraction of sp³-hybridized carbons (Fsp3) is 0.500. The number of rotatable bonds is 4. The molecule has 2 aliphatic rings. The van der Waals surface area contributed by atoms with Crippen molar-refractivity contribution in [2.24, 2.45) is 5.92 Å². The van der Waals surface area contributed by atoms with E-state index in [0.29, 0.717) is 0 Å². The van der Waals surface area contributed by atoms with E-state index in [0.717, 1.165) is 23.7 Å². The molecule has 0 aromatic carbocycles. The Labute approximate surface area is 220 Å². The van der Waals surface area contributed by atoms with Crippen molar-refractivity contribution in [3.63, 3.8) is 0 Å². The number of hydrogen-bond donors (Lipinski definition) is 1. The first kappa shape index (κ1) is 28.0. The summed E-state index contributed by atoms with van der Waals surface area (Å²) >= 11 is 0. The average Bonchev–Trinajstić information content (AvgIpc) is 2.88. The van der Waals surface area contributed by atoms with Crippen molar-refractivity contribution in [1.82, 2.24) is 4.98 Å². The van der Waals surface area contributed by atoms with Gasteiger partial charge in [0.05, 0.1) is 11.4 Å². The zero-order valence-electron chi connectivity index (χ0n) is 22.8. The number of nitrogen functional groups attached to an aromatic ring is 1. The first-order valence-corrected chi connectivity index (χ1v) is 14.4. The zero-order chi connectivity index (χ0) is 25.5. The van der Waals surface area contributed by atoms with Gasteiger partial charge in [-0.15, -0.1) is 0 Å². The minimum Gasteiger partial charge on any atom is -0.397 e. The maximum absolute atomic E-state index is 6.35. The Kier molecular flexibility index (Phi) is 12.0. The van der Waals surface area contributed by atoms with Gasteiger partial charge in [0.15, 0.2) is 0 Å². The van der Waals surface area contributed by atoms with Crippen LogP contribution in [0.3, 0.4) is 0 Å². The molecule has 194 valence electrons. The van der Waals surface area contributed by atoms with E-state index >= 15 is 0 Å². The molecular weight excluding hydrogens is 436 g/mol. The van der Waals surface area contributed by atoms with Gasteiger partial charge < -0.3 is 5.73 Å². The molecule has 0 spiro atoms. The number of anilines is 1. The summed E-state index contributed by atoms with van der Waals surface area (Å²) in [5.41, 5.74) is 10.4. The van der Waals surface area contributed by atoms with Crippen LogP contribution in [0.5, 0.6) is 0 Å². The van der Waals surface area contributed by atoms with Crippen molar-refractivity contribution in [3.05, 3.63) is 95.9 Å². The summed E-state index contributed by atoms with van der Waals surface area (Å²) in [6, 6.07) is 3.85. The lowest BCUT2D eigenvalue weighted by Gasteiger charge is -2.27. The zero-order valence-corrected chi connectivity index (χ0v) is 22.8. The molecule has 0 saturated heterocycles. The normalized spacial score (nSPS) is 26.2. The summed E-state index contributed by atoms with van der Waals surface area (Å²) in [4.78, 5) is 4.66. The fourth-order valence-corrected chi connectivity index (χ4v) is 5.49. The molecular formula is C34H48N2. The van der Waals surface area contributed by atoms with Crippen LogP contribution in [0.15, 0.2) is 90.2 Å². The predicted octanol–water partition coefficient (Wildman–Crippen LogP) is 9.73. The topological polar surface area (TPSA) is 38.9 Å². The Hall–Kier alpha value is -2.61. The van der Waals surface area contributed by atoms with Gasteiger partial charge in [-0.2, -0.15) is 0 Å². The highest BCUT2D eigenvalue weighted by molar-refractivity contribution is 5.52. The molecule has 2 heteroatoms. The lowest BCUT2D eigenvalue weighted by Crippen LogP contribution is -2.22. The largest absolute Gasteiger partial charge is 0.397 e. The number of nitrogens with zero attached hydrogens (tertiary/aromatic N) is 1. The van der Waals surface area contributed by atoms with E-state index in [1.165, 1.54) is 88.2 Å². The Morgan fingerprint density at radius 2 is 1.31 bits per heavy atom. The lowest BCUT2D eigenvalue weighted by molar-refractivity contribution is 0.407. The van der Waals surface area contributed by atoms with Crippen LogP contribution in [-0.4, -0.2) is 4.98 Å². The van der Waals surface area contributed by atoms with E-state index in [1.54, 1.807) is 0 Å². The molecule has 1 aromatic heterocycles. The molecule has 1 heterocycles. The van der Waals surface area contributed by atoms with Crippen LogP contribution >= 0.6 is 0 Å². The number of nitrogens with two attached hydrogens (primary N) is 1. The average molecular weight is 485 g/mol. The van der Waals surface area contributed by atoms with Crippen LogP contribution in [0.4, 0.5) is 5.69 Å². The summed E-state index contributed by atoms with van der Waals surface area (Å²) in [6.07, 6.45) is 41.7. The van der Waals surface area contributed by atoms with E-state index in [1.807, 2.05) is 18.3 Å². The van der Waals surface area contributed by atoms with E-state index in [-0.39, 0.29) is 5.41 Å². The molecule has 0 aliphatic heterocycles. The highest BCUT2D eigenvalue weighted by atomic mass is 14.8. The fourth-order valence-electron chi connectivity index (χ4n) is 5.49. The molecule has 3 rings (SSSR count). The van der Waals surface area contributed by atoms with Crippen molar-refractivity contribution in [2.75, 3.05) is 5.73 Å². The second-order valence-corrected chi connectivity index (χ2v) is 11.1. The quantitative estimate of drug-likeness (QED) is 0.462. The van der Waals surface area contributed by atoms with Gasteiger partial charge in [0.25, 0.3) is 0 Å². The van der Waals surface area contributed by atoms with Crippen molar-refractivity contribution < 1.29 is 0 Å². The first-order valence-electron chi connectivity index (χ1n) is 14.4. The Morgan fingerprint density at radius 3 is 1.92 bits per heavy atom. The van der Waals surface area contributed by atoms with Gasteiger partial charge in [-0.3, -0.25) is 4.98 Å². The summed E-state index contributed by atoms with van der Waals surface area (Å²) in [7, 11) is 0.